The molecule has 0 amide bonds. The molecule has 1 aromatic rings. The van der Waals surface area contributed by atoms with Gasteiger partial charge in [0.1, 0.15) is 0 Å². The van der Waals surface area contributed by atoms with Crippen LogP contribution in [0, 0.1) is 0 Å². The van der Waals surface area contributed by atoms with Crippen molar-refractivity contribution in [2.24, 2.45) is 0 Å². The maximum absolute atomic E-state index is 3.94. The van der Waals surface area contributed by atoms with Gasteiger partial charge in [-0.1, -0.05) is 15.3 Å². The van der Waals surface area contributed by atoms with E-state index in [9.17, 15) is 0 Å². The van der Waals surface area contributed by atoms with Crippen molar-refractivity contribution in [2.45, 2.75) is 0 Å². The van der Waals surface area contributed by atoms with E-state index in [1.807, 2.05) is 18.2 Å². The van der Waals surface area contributed by atoms with Crippen LogP contribution in [0.15, 0.2) is 24.4 Å². The molecule has 0 spiro atoms. The Kier molecular flexibility index (Phi) is 4.19. The van der Waals surface area contributed by atoms with E-state index < -0.39 is 0 Å². The number of aromatic nitrogens is 1. The van der Waals surface area contributed by atoms with Crippen molar-refractivity contribution in [3.63, 3.8) is 0 Å². The molecular weight excluding hydrogens is 112 g/mol. The van der Waals surface area contributed by atoms with Crippen LogP contribution >= 0.6 is 9.24 Å². The van der Waals surface area contributed by atoms with E-state index in [1.165, 1.54) is 0 Å². The normalized spacial score (nSPS) is 7.62. The molecule has 0 radical (unpaired) electrons. The minimum absolute atomic E-state index is 0. The Balaban J connectivity index is 0. The molecule has 0 aliphatic heterocycles. The summed E-state index contributed by atoms with van der Waals surface area (Å²) in [5, 5.41) is 0. The summed E-state index contributed by atoms with van der Waals surface area (Å²) in [6.45, 7) is 0. The molecule has 0 N–H and O–H groups in total. The monoisotopic (exact) mass is 119 g/mol. The van der Waals surface area contributed by atoms with Crippen molar-refractivity contribution in [3.05, 3.63) is 24.4 Å². The molecule has 0 aliphatic rings. The SMILES string of the molecule is Pc1ccccn1.[H-].[Li+]. The third-order valence-electron chi connectivity index (χ3n) is 0.688. The van der Waals surface area contributed by atoms with Gasteiger partial charge in [0.2, 0.25) is 0 Å². The van der Waals surface area contributed by atoms with E-state index >= 15 is 0 Å². The molecule has 1 aromatic heterocycles. The summed E-state index contributed by atoms with van der Waals surface area (Å²) in [5.41, 5.74) is 0.988. The van der Waals surface area contributed by atoms with Gasteiger partial charge >= 0.3 is 18.9 Å². The third kappa shape index (κ3) is 2.48. The largest absolute Gasteiger partial charge is 1.00 e. The molecule has 0 saturated heterocycles. The molecule has 3 heteroatoms. The average molecular weight is 119 g/mol. The van der Waals surface area contributed by atoms with Gasteiger partial charge in [-0.15, -0.1) is 0 Å². The molecule has 0 bridgehead atoms. The molecule has 1 heterocycles. The molecule has 1 unspecified atom stereocenters. The Labute approximate surface area is 64.8 Å². The van der Waals surface area contributed by atoms with Crippen molar-refractivity contribution in [2.75, 3.05) is 0 Å². The van der Waals surface area contributed by atoms with Gasteiger partial charge in [0, 0.05) is 6.20 Å². The summed E-state index contributed by atoms with van der Waals surface area (Å²) in [4.78, 5) is 3.94. The van der Waals surface area contributed by atoms with Gasteiger partial charge in [0.25, 0.3) is 0 Å². The molecule has 1 atom stereocenters. The van der Waals surface area contributed by atoms with Crippen LogP contribution in [-0.2, 0) is 0 Å². The van der Waals surface area contributed by atoms with Crippen LogP contribution in [0.1, 0.15) is 1.43 Å². The number of hydrogen-bond donors (Lipinski definition) is 0. The van der Waals surface area contributed by atoms with Crippen LogP contribution in [0.3, 0.4) is 0 Å². The average Bonchev–Trinajstić information content (AvgIpc) is 1.69. The van der Waals surface area contributed by atoms with Crippen molar-refractivity contribution in [1.82, 2.24) is 4.98 Å². The van der Waals surface area contributed by atoms with Crippen molar-refractivity contribution >= 4 is 14.7 Å². The molecule has 0 aliphatic carbocycles. The van der Waals surface area contributed by atoms with E-state index in [1.54, 1.807) is 6.20 Å². The summed E-state index contributed by atoms with van der Waals surface area (Å²) in [6, 6.07) is 5.79. The maximum atomic E-state index is 3.94. The van der Waals surface area contributed by atoms with Crippen LogP contribution in [-0.4, -0.2) is 4.98 Å². The van der Waals surface area contributed by atoms with Crippen LogP contribution in [0.25, 0.3) is 0 Å². The maximum Gasteiger partial charge on any atom is 1.00 e. The van der Waals surface area contributed by atoms with Gasteiger partial charge in [-0.3, -0.25) is 4.98 Å². The predicted molar refractivity (Wildman–Crippen MR) is 34.7 cm³/mol. The van der Waals surface area contributed by atoms with Gasteiger partial charge in [-0.05, 0) is 12.1 Å². The molecule has 8 heavy (non-hydrogen) atoms. The molecule has 0 fully saturated rings. The van der Waals surface area contributed by atoms with Gasteiger partial charge in [-0.2, -0.15) is 0 Å². The minimum atomic E-state index is 0. The fraction of sp³-hybridized carbons (Fsp3) is 0. The number of rotatable bonds is 0. The molecule has 38 valence electrons. The van der Waals surface area contributed by atoms with E-state index in [4.69, 9.17) is 0 Å². The van der Waals surface area contributed by atoms with Gasteiger partial charge in [-0.25, -0.2) is 0 Å². The number of nitrogens with zero attached hydrogens (tertiary/aromatic N) is 1. The van der Waals surface area contributed by atoms with E-state index in [-0.39, 0.29) is 20.3 Å². The predicted octanol–water partition coefficient (Wildman–Crippen LogP) is -2.30. The third-order valence-corrected chi connectivity index (χ3v) is 1.03. The fourth-order valence-electron chi connectivity index (χ4n) is 0.376. The zero-order valence-electron chi connectivity index (χ0n) is 5.83. The van der Waals surface area contributed by atoms with Crippen LogP contribution in [0.4, 0.5) is 0 Å². The first kappa shape index (κ1) is 8.18. The minimum Gasteiger partial charge on any atom is -1.00 e. The van der Waals surface area contributed by atoms with Crippen molar-refractivity contribution in [3.8, 4) is 0 Å². The van der Waals surface area contributed by atoms with Crippen LogP contribution in [0.5, 0.6) is 0 Å². The molecular formula is C5H7LiNP. The van der Waals surface area contributed by atoms with E-state index in [0.29, 0.717) is 0 Å². The summed E-state index contributed by atoms with van der Waals surface area (Å²) >= 11 is 0. The summed E-state index contributed by atoms with van der Waals surface area (Å²) in [6.07, 6.45) is 1.77. The van der Waals surface area contributed by atoms with Crippen molar-refractivity contribution in [1.29, 1.82) is 0 Å². The second-order valence-electron chi connectivity index (χ2n) is 1.25. The first-order chi connectivity index (χ1) is 3.39. The Morgan fingerprint density at radius 1 is 1.50 bits per heavy atom. The van der Waals surface area contributed by atoms with Crippen LogP contribution < -0.4 is 24.3 Å². The Morgan fingerprint density at radius 2 is 2.25 bits per heavy atom. The molecule has 0 aromatic carbocycles. The fourth-order valence-corrected chi connectivity index (χ4v) is 0.573. The quantitative estimate of drug-likeness (QED) is 0.276. The summed E-state index contributed by atoms with van der Waals surface area (Å²) < 4.78 is 0. The second-order valence-corrected chi connectivity index (χ2v) is 1.85. The van der Waals surface area contributed by atoms with E-state index in [2.05, 4.69) is 14.2 Å². The Hall–Kier alpha value is 0.177. The Bertz CT molecular complexity index is 147. The van der Waals surface area contributed by atoms with Gasteiger partial charge in [0.05, 0.1) is 5.44 Å². The van der Waals surface area contributed by atoms with Crippen molar-refractivity contribution < 1.29 is 20.3 Å². The smallest absolute Gasteiger partial charge is 1.00 e. The molecule has 1 rings (SSSR count). The molecule has 1 nitrogen and oxygen atoms in total. The van der Waals surface area contributed by atoms with Gasteiger partial charge < -0.3 is 1.43 Å². The van der Waals surface area contributed by atoms with Gasteiger partial charge in [0.15, 0.2) is 0 Å². The number of hydrogen-bond acceptors (Lipinski definition) is 1. The van der Waals surface area contributed by atoms with Crippen LogP contribution in [0.2, 0.25) is 0 Å². The van der Waals surface area contributed by atoms with E-state index in [0.717, 1.165) is 5.44 Å². The first-order valence-electron chi connectivity index (χ1n) is 2.06. The standard InChI is InChI=1S/C5H6NP.Li.H/c7-5-3-1-2-4-6-5;;/h1-4H,7H2;;/q;+1;-1. The summed E-state index contributed by atoms with van der Waals surface area (Å²) in [7, 11) is 2.52. The zero-order chi connectivity index (χ0) is 5.11. The molecule has 0 saturated carbocycles. The zero-order valence-corrected chi connectivity index (χ0v) is 5.99. The first-order valence-corrected chi connectivity index (χ1v) is 2.64. The number of pyridine rings is 1. The second kappa shape index (κ2) is 4.10. The Morgan fingerprint density at radius 3 is 2.50 bits per heavy atom. The topological polar surface area (TPSA) is 12.9 Å². The summed E-state index contributed by atoms with van der Waals surface area (Å²) in [5.74, 6) is 0.